The molecule has 1 heterocycles. The SMILES string of the molecule is F[B-](F)(F)c1cnc(OCC(F)(F)F)nc1.[K+]. The summed E-state index contributed by atoms with van der Waals surface area (Å²) in [6, 6.07) is -0.749. The Bertz CT molecular complexity index is 353. The van der Waals surface area contributed by atoms with Crippen molar-refractivity contribution < 1.29 is 82.2 Å². The fourth-order valence-electron chi connectivity index (χ4n) is 0.716. The molecule has 0 unspecified atom stereocenters. The molecule has 1 rings (SSSR count). The molecule has 1 aromatic rings. The van der Waals surface area contributed by atoms with Gasteiger partial charge in [0.15, 0.2) is 6.61 Å². The third-order valence-electron chi connectivity index (χ3n) is 1.39. The largest absolute Gasteiger partial charge is 1.00 e. The second-order valence-corrected chi connectivity index (χ2v) is 2.78. The van der Waals surface area contributed by atoms with Gasteiger partial charge in [-0.2, -0.15) is 13.2 Å². The molecular weight excluding hydrogens is 280 g/mol. The fraction of sp³-hybridized carbons (Fsp3) is 0.333. The van der Waals surface area contributed by atoms with E-state index in [4.69, 9.17) is 0 Å². The molecule has 0 atom stereocenters. The summed E-state index contributed by atoms with van der Waals surface area (Å²) in [5, 5.41) is 0. The summed E-state index contributed by atoms with van der Waals surface area (Å²) >= 11 is 0. The first-order valence-electron chi connectivity index (χ1n) is 3.90. The van der Waals surface area contributed by atoms with Gasteiger partial charge in [0, 0.05) is 12.4 Å². The van der Waals surface area contributed by atoms with Gasteiger partial charge in [-0.05, 0) is 0 Å². The van der Waals surface area contributed by atoms with E-state index >= 15 is 0 Å². The van der Waals surface area contributed by atoms with Crippen LogP contribution in [0, 0.1) is 0 Å². The molecule has 3 nitrogen and oxygen atoms in total. The number of aromatic nitrogens is 2. The Balaban J connectivity index is 0.00000256. The van der Waals surface area contributed by atoms with Crippen LogP contribution in [0.1, 0.15) is 0 Å². The van der Waals surface area contributed by atoms with Crippen molar-refractivity contribution in [3.8, 4) is 6.01 Å². The topological polar surface area (TPSA) is 35.0 Å². The van der Waals surface area contributed by atoms with Crippen LogP contribution in [0.3, 0.4) is 0 Å². The molecule has 11 heteroatoms. The molecule has 0 aliphatic carbocycles. The van der Waals surface area contributed by atoms with E-state index in [9.17, 15) is 26.1 Å². The summed E-state index contributed by atoms with van der Waals surface area (Å²) in [7, 11) is 0. The van der Waals surface area contributed by atoms with Crippen LogP contribution in [0.4, 0.5) is 26.1 Å². The van der Waals surface area contributed by atoms with Crippen molar-refractivity contribution in [3.63, 3.8) is 0 Å². The molecule has 0 radical (unpaired) electrons. The van der Waals surface area contributed by atoms with Crippen LogP contribution in [0.25, 0.3) is 0 Å². The number of hydrogen-bond donors (Lipinski definition) is 0. The summed E-state index contributed by atoms with van der Waals surface area (Å²) < 4.78 is 75.2. The van der Waals surface area contributed by atoms with E-state index in [-0.39, 0.29) is 51.4 Å². The van der Waals surface area contributed by atoms with Gasteiger partial charge in [-0.25, -0.2) is 9.97 Å². The van der Waals surface area contributed by atoms with E-state index < -0.39 is 31.2 Å². The summed E-state index contributed by atoms with van der Waals surface area (Å²) in [6.07, 6.45) is -3.84. The Kier molecular flexibility index (Phi) is 6.42. The summed E-state index contributed by atoms with van der Waals surface area (Å²) in [5.74, 6) is 0. The normalized spacial score (nSPS) is 11.9. The second kappa shape index (κ2) is 6.36. The van der Waals surface area contributed by atoms with Gasteiger partial charge in [-0.15, -0.1) is 0 Å². The standard InChI is InChI=1S/C6H4BF6N2O.K/c8-6(9,10)3-16-5-14-1-4(2-15-5)7(11,12)13;/h1-2H,3H2;/q-1;+1. The average Bonchev–Trinajstić information content (AvgIpc) is 2.13. The van der Waals surface area contributed by atoms with Crippen LogP contribution in [0.15, 0.2) is 12.4 Å². The number of rotatable bonds is 3. The molecule has 0 amide bonds. The van der Waals surface area contributed by atoms with Crippen molar-refractivity contribution in [2.24, 2.45) is 0 Å². The fourth-order valence-corrected chi connectivity index (χ4v) is 0.716. The van der Waals surface area contributed by atoms with Crippen LogP contribution in [0.2, 0.25) is 0 Å². The van der Waals surface area contributed by atoms with Crippen molar-refractivity contribution in [2.45, 2.75) is 6.18 Å². The maximum Gasteiger partial charge on any atom is 1.00 e. The molecular formula is C6H4BF6KN2O. The van der Waals surface area contributed by atoms with E-state index in [1.165, 1.54) is 0 Å². The van der Waals surface area contributed by atoms with Crippen LogP contribution >= 0.6 is 0 Å². The molecule has 0 N–H and O–H groups in total. The first-order chi connectivity index (χ1) is 7.18. The number of hydrogen-bond acceptors (Lipinski definition) is 3. The Labute approximate surface area is 134 Å². The van der Waals surface area contributed by atoms with Crippen LogP contribution < -0.4 is 61.6 Å². The zero-order chi connectivity index (χ0) is 12.4. The Morgan fingerprint density at radius 3 is 1.94 bits per heavy atom. The van der Waals surface area contributed by atoms with Crippen molar-refractivity contribution in [3.05, 3.63) is 12.4 Å². The quantitative estimate of drug-likeness (QED) is 0.499. The molecule has 1 aromatic heterocycles. The zero-order valence-corrected chi connectivity index (χ0v) is 11.6. The molecule has 0 fully saturated rings. The molecule has 90 valence electrons. The minimum atomic E-state index is -5.26. The average molecular weight is 284 g/mol. The van der Waals surface area contributed by atoms with E-state index in [0.717, 1.165) is 0 Å². The maximum absolute atomic E-state index is 12.1. The van der Waals surface area contributed by atoms with E-state index in [1.54, 1.807) is 0 Å². The van der Waals surface area contributed by atoms with Crippen molar-refractivity contribution in [1.82, 2.24) is 9.97 Å². The maximum atomic E-state index is 12.1. The van der Waals surface area contributed by atoms with E-state index in [0.29, 0.717) is 12.4 Å². The third kappa shape index (κ3) is 6.60. The molecule has 0 spiro atoms. The second-order valence-electron chi connectivity index (χ2n) is 2.78. The van der Waals surface area contributed by atoms with Gasteiger partial charge in [-0.1, -0.05) is 5.46 Å². The summed E-state index contributed by atoms with van der Waals surface area (Å²) in [6.45, 7) is -6.91. The van der Waals surface area contributed by atoms with Gasteiger partial charge >= 0.3 is 70.5 Å². The van der Waals surface area contributed by atoms with Gasteiger partial charge in [0.05, 0.1) is 0 Å². The number of alkyl halides is 3. The Morgan fingerprint density at radius 1 is 1.12 bits per heavy atom. The first kappa shape index (κ1) is 17.2. The van der Waals surface area contributed by atoms with Gasteiger partial charge in [0.25, 0.3) is 0 Å². The molecule has 0 aromatic carbocycles. The zero-order valence-electron chi connectivity index (χ0n) is 8.51. The molecule has 0 aliphatic rings. The van der Waals surface area contributed by atoms with Gasteiger partial charge < -0.3 is 17.7 Å². The van der Waals surface area contributed by atoms with Gasteiger partial charge in [-0.3, -0.25) is 0 Å². The first-order valence-corrected chi connectivity index (χ1v) is 3.90. The van der Waals surface area contributed by atoms with Gasteiger partial charge in [0.2, 0.25) is 0 Å². The van der Waals surface area contributed by atoms with Crippen LogP contribution in [-0.2, 0) is 0 Å². The van der Waals surface area contributed by atoms with E-state index in [2.05, 4.69) is 14.7 Å². The predicted molar refractivity (Wildman–Crippen MR) is 42.3 cm³/mol. The summed E-state index contributed by atoms with van der Waals surface area (Å²) in [5.41, 5.74) is -1.10. The molecule has 0 bridgehead atoms. The molecule has 17 heavy (non-hydrogen) atoms. The third-order valence-corrected chi connectivity index (χ3v) is 1.39. The number of ether oxygens (including phenoxy) is 1. The van der Waals surface area contributed by atoms with E-state index in [1.807, 2.05) is 0 Å². The molecule has 0 saturated carbocycles. The molecule has 0 aliphatic heterocycles. The predicted octanol–water partition coefficient (Wildman–Crippen LogP) is -1.52. The van der Waals surface area contributed by atoms with Crippen molar-refractivity contribution in [1.29, 1.82) is 0 Å². The van der Waals surface area contributed by atoms with Crippen molar-refractivity contribution in [2.75, 3.05) is 6.61 Å². The Morgan fingerprint density at radius 2 is 1.59 bits per heavy atom. The summed E-state index contributed by atoms with van der Waals surface area (Å²) in [4.78, 5) is 6.02. The monoisotopic (exact) mass is 284 g/mol. The van der Waals surface area contributed by atoms with Crippen LogP contribution in [0.5, 0.6) is 6.01 Å². The number of nitrogens with zero attached hydrogens (tertiary/aromatic N) is 2. The number of halogens is 6. The minimum Gasteiger partial charge on any atom is -0.454 e. The van der Waals surface area contributed by atoms with Crippen LogP contribution in [-0.4, -0.2) is 29.7 Å². The molecule has 0 saturated heterocycles. The van der Waals surface area contributed by atoms with Gasteiger partial charge in [0.1, 0.15) is 0 Å². The van der Waals surface area contributed by atoms with Crippen molar-refractivity contribution >= 4 is 12.4 Å². The minimum absolute atomic E-state index is 0. The Hall–Kier alpha value is 0.161. The smallest absolute Gasteiger partial charge is 0.454 e.